The van der Waals surface area contributed by atoms with Crippen molar-refractivity contribution in [3.63, 3.8) is 0 Å². The Bertz CT molecular complexity index is 874. The molecule has 24 heavy (non-hydrogen) atoms. The molecule has 7 nitrogen and oxygen atoms in total. The molecule has 1 aromatic heterocycles. The number of rotatable bonds is 5. The third-order valence-corrected chi connectivity index (χ3v) is 3.40. The van der Waals surface area contributed by atoms with Crippen LogP contribution in [0.25, 0.3) is 5.69 Å². The summed E-state index contributed by atoms with van der Waals surface area (Å²) in [5, 5.41) is 17.9. The largest absolute Gasteiger partial charge is 0.323 e. The summed E-state index contributed by atoms with van der Waals surface area (Å²) in [6.07, 6.45) is 3.25. The van der Waals surface area contributed by atoms with Crippen LogP contribution in [0.4, 0.5) is 11.4 Å². The van der Waals surface area contributed by atoms with E-state index in [0.29, 0.717) is 11.4 Å². The predicted molar refractivity (Wildman–Crippen MR) is 89.0 cm³/mol. The Kier molecular flexibility index (Phi) is 4.33. The van der Waals surface area contributed by atoms with Gasteiger partial charge in [-0.1, -0.05) is 42.5 Å². The number of nitro groups is 1. The monoisotopic (exact) mass is 322 g/mol. The highest BCUT2D eigenvalue weighted by atomic mass is 16.6. The van der Waals surface area contributed by atoms with Crippen LogP contribution in [0, 0.1) is 10.1 Å². The molecule has 7 heteroatoms. The summed E-state index contributed by atoms with van der Waals surface area (Å²) in [4.78, 5) is 22.7. The molecule has 0 aliphatic heterocycles. The van der Waals surface area contributed by atoms with E-state index >= 15 is 0 Å². The predicted octanol–water partition coefficient (Wildman–Crippen LogP) is 2.96. The molecule has 0 aliphatic carbocycles. The fourth-order valence-corrected chi connectivity index (χ4v) is 2.32. The van der Waals surface area contributed by atoms with Crippen LogP contribution >= 0.6 is 0 Å². The van der Waals surface area contributed by atoms with E-state index in [0.717, 1.165) is 5.56 Å². The normalized spacial score (nSPS) is 10.3. The molecular weight excluding hydrogens is 308 g/mol. The van der Waals surface area contributed by atoms with E-state index in [1.807, 2.05) is 30.3 Å². The number of hydrogen-bond donors (Lipinski definition) is 1. The van der Waals surface area contributed by atoms with Crippen LogP contribution in [0.1, 0.15) is 5.56 Å². The van der Waals surface area contributed by atoms with Crippen LogP contribution in [-0.2, 0) is 11.2 Å². The number of carbonyl (C=O) groups is 1. The molecule has 0 unspecified atom stereocenters. The second-order valence-electron chi connectivity index (χ2n) is 5.13. The maximum atomic E-state index is 12.0. The molecule has 0 fully saturated rings. The second kappa shape index (κ2) is 6.74. The molecule has 0 radical (unpaired) electrons. The zero-order valence-electron chi connectivity index (χ0n) is 12.6. The van der Waals surface area contributed by atoms with E-state index in [-0.39, 0.29) is 18.0 Å². The van der Waals surface area contributed by atoms with Crippen molar-refractivity contribution in [2.24, 2.45) is 0 Å². The highest BCUT2D eigenvalue weighted by Crippen LogP contribution is 2.22. The highest BCUT2D eigenvalue weighted by molar-refractivity contribution is 5.92. The van der Waals surface area contributed by atoms with Crippen molar-refractivity contribution >= 4 is 17.3 Å². The third kappa shape index (κ3) is 3.46. The zero-order valence-corrected chi connectivity index (χ0v) is 12.6. The van der Waals surface area contributed by atoms with Gasteiger partial charge in [-0.3, -0.25) is 14.9 Å². The topological polar surface area (TPSA) is 90.1 Å². The van der Waals surface area contributed by atoms with Gasteiger partial charge in [0.2, 0.25) is 5.91 Å². The standard InChI is InChI=1S/C17H14N4O3/c22-17(10-13-6-2-1-3-7-13)19-14-11-18-20(12-14)15-8-4-5-9-16(15)21(23)24/h1-9,11-12H,10H2,(H,19,22). The van der Waals surface area contributed by atoms with Crippen LogP contribution in [0.3, 0.4) is 0 Å². The first-order valence-electron chi connectivity index (χ1n) is 7.26. The number of nitrogens with one attached hydrogen (secondary N) is 1. The molecule has 1 amide bonds. The van der Waals surface area contributed by atoms with Gasteiger partial charge in [0, 0.05) is 6.07 Å². The van der Waals surface area contributed by atoms with Crippen molar-refractivity contribution < 1.29 is 9.72 Å². The Morgan fingerprint density at radius 1 is 1.12 bits per heavy atom. The number of hydrogen-bond acceptors (Lipinski definition) is 4. The van der Waals surface area contributed by atoms with Crippen LogP contribution in [0.2, 0.25) is 0 Å². The molecule has 2 aromatic carbocycles. The molecule has 1 heterocycles. The average Bonchev–Trinajstić information content (AvgIpc) is 3.04. The Morgan fingerprint density at radius 2 is 1.83 bits per heavy atom. The fraction of sp³-hybridized carbons (Fsp3) is 0.0588. The molecule has 0 spiro atoms. The average molecular weight is 322 g/mol. The van der Waals surface area contributed by atoms with Crippen molar-refractivity contribution in [2.45, 2.75) is 6.42 Å². The third-order valence-electron chi connectivity index (χ3n) is 3.40. The van der Waals surface area contributed by atoms with E-state index in [4.69, 9.17) is 0 Å². The SMILES string of the molecule is O=C(Cc1ccccc1)Nc1cnn(-c2ccccc2[N+](=O)[O-])c1. The van der Waals surface area contributed by atoms with E-state index in [1.54, 1.807) is 24.4 Å². The fourth-order valence-electron chi connectivity index (χ4n) is 2.32. The number of amides is 1. The lowest BCUT2D eigenvalue weighted by molar-refractivity contribution is -0.384. The quantitative estimate of drug-likeness (QED) is 0.577. The number of nitro benzene ring substituents is 1. The molecule has 0 atom stereocenters. The zero-order chi connectivity index (χ0) is 16.9. The number of aromatic nitrogens is 2. The molecule has 120 valence electrons. The number of nitrogens with zero attached hydrogens (tertiary/aromatic N) is 3. The van der Waals surface area contributed by atoms with Crippen LogP contribution in [0.5, 0.6) is 0 Å². The lowest BCUT2D eigenvalue weighted by atomic mass is 10.1. The van der Waals surface area contributed by atoms with Gasteiger partial charge in [0.15, 0.2) is 0 Å². The van der Waals surface area contributed by atoms with Crippen molar-refractivity contribution in [1.82, 2.24) is 9.78 Å². The van der Waals surface area contributed by atoms with E-state index in [9.17, 15) is 14.9 Å². The molecular formula is C17H14N4O3. The highest BCUT2D eigenvalue weighted by Gasteiger charge is 2.15. The molecule has 0 saturated heterocycles. The Labute approximate surface area is 137 Å². The second-order valence-corrected chi connectivity index (χ2v) is 5.13. The summed E-state index contributed by atoms with van der Waals surface area (Å²) in [6.45, 7) is 0. The number of benzene rings is 2. The van der Waals surface area contributed by atoms with Gasteiger partial charge < -0.3 is 5.32 Å². The van der Waals surface area contributed by atoms with Gasteiger partial charge in [0.05, 0.1) is 29.4 Å². The van der Waals surface area contributed by atoms with Crippen LogP contribution in [-0.4, -0.2) is 20.6 Å². The van der Waals surface area contributed by atoms with Gasteiger partial charge in [-0.15, -0.1) is 0 Å². The number of para-hydroxylation sites is 2. The van der Waals surface area contributed by atoms with Crippen LogP contribution in [0.15, 0.2) is 67.0 Å². The number of carbonyl (C=O) groups excluding carboxylic acids is 1. The van der Waals surface area contributed by atoms with Gasteiger partial charge in [-0.25, -0.2) is 4.68 Å². The first-order chi connectivity index (χ1) is 11.6. The van der Waals surface area contributed by atoms with Crippen molar-refractivity contribution in [3.8, 4) is 5.69 Å². The van der Waals surface area contributed by atoms with Crippen molar-refractivity contribution in [2.75, 3.05) is 5.32 Å². The van der Waals surface area contributed by atoms with Crippen molar-refractivity contribution in [3.05, 3.63) is 82.7 Å². The van der Waals surface area contributed by atoms with Gasteiger partial charge in [-0.2, -0.15) is 5.10 Å². The van der Waals surface area contributed by atoms with Crippen molar-refractivity contribution in [1.29, 1.82) is 0 Å². The summed E-state index contributed by atoms with van der Waals surface area (Å²) >= 11 is 0. The summed E-state index contributed by atoms with van der Waals surface area (Å²) in [7, 11) is 0. The minimum Gasteiger partial charge on any atom is -0.323 e. The Hall–Kier alpha value is -3.48. The van der Waals surface area contributed by atoms with E-state index in [1.165, 1.54) is 16.9 Å². The smallest absolute Gasteiger partial charge is 0.294 e. The Balaban J connectivity index is 1.74. The molecule has 3 aromatic rings. The molecule has 1 N–H and O–H groups in total. The van der Waals surface area contributed by atoms with Gasteiger partial charge in [0.1, 0.15) is 5.69 Å². The maximum absolute atomic E-state index is 12.0. The van der Waals surface area contributed by atoms with E-state index in [2.05, 4.69) is 10.4 Å². The lowest BCUT2D eigenvalue weighted by Gasteiger charge is -2.03. The number of anilines is 1. The van der Waals surface area contributed by atoms with E-state index < -0.39 is 4.92 Å². The maximum Gasteiger partial charge on any atom is 0.294 e. The molecule has 3 rings (SSSR count). The summed E-state index contributed by atoms with van der Waals surface area (Å²) in [5.74, 6) is -0.177. The molecule has 0 saturated carbocycles. The molecule has 0 aliphatic rings. The van der Waals surface area contributed by atoms with Crippen LogP contribution < -0.4 is 5.32 Å². The summed E-state index contributed by atoms with van der Waals surface area (Å²) in [5.41, 5.74) is 1.67. The van der Waals surface area contributed by atoms with Gasteiger partial charge >= 0.3 is 0 Å². The van der Waals surface area contributed by atoms with Gasteiger partial charge in [-0.05, 0) is 11.6 Å². The minimum atomic E-state index is -0.468. The first-order valence-corrected chi connectivity index (χ1v) is 7.26. The summed E-state index contributed by atoms with van der Waals surface area (Å²) in [6, 6.07) is 15.7. The minimum absolute atomic E-state index is 0.0530. The first kappa shape index (κ1) is 15.4. The van der Waals surface area contributed by atoms with Gasteiger partial charge in [0.25, 0.3) is 5.69 Å². The lowest BCUT2D eigenvalue weighted by Crippen LogP contribution is -2.13. The molecule has 0 bridgehead atoms. The Morgan fingerprint density at radius 3 is 2.58 bits per heavy atom. The summed E-state index contributed by atoms with van der Waals surface area (Å²) < 4.78 is 1.37.